The summed E-state index contributed by atoms with van der Waals surface area (Å²) in [4.78, 5) is 12.2. The van der Waals surface area contributed by atoms with E-state index in [0.29, 0.717) is 17.4 Å². The highest BCUT2D eigenvalue weighted by atomic mass is 35.5. The van der Waals surface area contributed by atoms with Gasteiger partial charge >= 0.3 is 0 Å². The first kappa shape index (κ1) is 14.6. The highest BCUT2D eigenvalue weighted by molar-refractivity contribution is 6.17. The number of anilines is 1. The second-order valence-electron chi connectivity index (χ2n) is 5.06. The number of alkyl halides is 1. The molecule has 0 bridgehead atoms. The Bertz CT molecular complexity index is 590. The van der Waals surface area contributed by atoms with Crippen molar-refractivity contribution in [3.05, 3.63) is 65.2 Å². The molecule has 0 aromatic heterocycles. The second kappa shape index (κ2) is 6.58. The predicted molar refractivity (Wildman–Crippen MR) is 84.5 cm³/mol. The fraction of sp³-hybridized carbons (Fsp3) is 0.235. The molecule has 2 aromatic rings. The summed E-state index contributed by atoms with van der Waals surface area (Å²) in [6.45, 7) is 4.26. The van der Waals surface area contributed by atoms with Gasteiger partial charge in [-0.15, -0.1) is 11.6 Å². The maximum atomic E-state index is 12.2. The number of carbonyl (C=O) groups is 1. The third-order valence-corrected chi connectivity index (χ3v) is 3.49. The molecule has 0 heterocycles. The van der Waals surface area contributed by atoms with Crippen molar-refractivity contribution in [1.29, 1.82) is 0 Å². The zero-order valence-electron chi connectivity index (χ0n) is 11.7. The Balaban J connectivity index is 2.12. The number of carbonyl (C=O) groups excluding carboxylic acids is 1. The zero-order valence-corrected chi connectivity index (χ0v) is 12.4. The Hall–Kier alpha value is -1.80. The molecule has 0 spiro atoms. The molecular weight excluding hydrogens is 270 g/mol. The standard InChI is InChI=1S/C17H18ClNO/c1-12(2)15-4-3-5-16(10-15)19-17(20)14-8-6-13(11-18)7-9-14/h3-10,12H,11H2,1-2H3,(H,19,20). The Morgan fingerprint density at radius 1 is 1.15 bits per heavy atom. The number of benzene rings is 2. The highest BCUT2D eigenvalue weighted by Crippen LogP contribution is 2.19. The van der Waals surface area contributed by atoms with E-state index < -0.39 is 0 Å². The molecule has 0 aliphatic carbocycles. The van der Waals surface area contributed by atoms with Crippen LogP contribution in [0.1, 0.15) is 41.3 Å². The van der Waals surface area contributed by atoms with Crippen molar-refractivity contribution < 1.29 is 4.79 Å². The fourth-order valence-electron chi connectivity index (χ4n) is 1.92. The quantitative estimate of drug-likeness (QED) is 0.804. The molecule has 0 atom stereocenters. The largest absolute Gasteiger partial charge is 0.322 e. The normalized spacial score (nSPS) is 10.6. The van der Waals surface area contributed by atoms with Crippen molar-refractivity contribution in [2.75, 3.05) is 5.32 Å². The van der Waals surface area contributed by atoms with Gasteiger partial charge in [0.2, 0.25) is 0 Å². The van der Waals surface area contributed by atoms with E-state index in [4.69, 9.17) is 11.6 Å². The van der Waals surface area contributed by atoms with Gasteiger partial charge in [0.05, 0.1) is 0 Å². The lowest BCUT2D eigenvalue weighted by atomic mass is 10.0. The molecule has 2 nitrogen and oxygen atoms in total. The highest BCUT2D eigenvalue weighted by Gasteiger charge is 2.07. The summed E-state index contributed by atoms with van der Waals surface area (Å²) < 4.78 is 0. The van der Waals surface area contributed by atoms with Gasteiger partial charge in [0.25, 0.3) is 5.91 Å². The van der Waals surface area contributed by atoms with Gasteiger partial charge in [0.1, 0.15) is 0 Å². The number of rotatable bonds is 4. The van der Waals surface area contributed by atoms with Gasteiger partial charge in [-0.05, 0) is 41.3 Å². The minimum atomic E-state index is -0.105. The van der Waals surface area contributed by atoms with Crippen LogP contribution in [0, 0.1) is 0 Å². The molecule has 2 aromatic carbocycles. The Kier molecular flexibility index (Phi) is 4.80. The summed E-state index contributed by atoms with van der Waals surface area (Å²) in [5.41, 5.74) is 3.67. The van der Waals surface area contributed by atoms with Gasteiger partial charge in [-0.3, -0.25) is 4.79 Å². The van der Waals surface area contributed by atoms with Crippen LogP contribution in [-0.4, -0.2) is 5.91 Å². The zero-order chi connectivity index (χ0) is 14.5. The molecule has 0 saturated heterocycles. The van der Waals surface area contributed by atoms with E-state index in [1.165, 1.54) is 5.56 Å². The molecule has 0 radical (unpaired) electrons. The Morgan fingerprint density at radius 3 is 2.45 bits per heavy atom. The molecule has 0 saturated carbocycles. The van der Waals surface area contributed by atoms with E-state index in [1.807, 2.05) is 30.3 Å². The summed E-state index contributed by atoms with van der Waals surface area (Å²) in [6.07, 6.45) is 0. The number of nitrogens with one attached hydrogen (secondary N) is 1. The minimum Gasteiger partial charge on any atom is -0.322 e. The van der Waals surface area contributed by atoms with E-state index in [-0.39, 0.29) is 5.91 Å². The van der Waals surface area contributed by atoms with Crippen molar-refractivity contribution in [2.45, 2.75) is 25.6 Å². The number of amides is 1. The lowest BCUT2D eigenvalue weighted by Gasteiger charge is -2.09. The molecule has 104 valence electrons. The molecular formula is C17H18ClNO. The summed E-state index contributed by atoms with van der Waals surface area (Å²) in [7, 11) is 0. The predicted octanol–water partition coefficient (Wildman–Crippen LogP) is 4.80. The average Bonchev–Trinajstić information content (AvgIpc) is 2.47. The summed E-state index contributed by atoms with van der Waals surface area (Å²) in [6, 6.07) is 15.3. The minimum absolute atomic E-state index is 0.105. The first-order chi connectivity index (χ1) is 9.60. The molecule has 2 rings (SSSR count). The van der Waals surface area contributed by atoms with Crippen LogP contribution in [0.25, 0.3) is 0 Å². The first-order valence-electron chi connectivity index (χ1n) is 6.66. The van der Waals surface area contributed by atoms with Crippen molar-refractivity contribution in [3.63, 3.8) is 0 Å². The molecule has 0 fully saturated rings. The van der Waals surface area contributed by atoms with Crippen molar-refractivity contribution >= 4 is 23.2 Å². The summed E-state index contributed by atoms with van der Waals surface area (Å²) in [5.74, 6) is 0.792. The van der Waals surface area contributed by atoms with E-state index in [2.05, 4.69) is 25.2 Å². The summed E-state index contributed by atoms with van der Waals surface area (Å²) in [5, 5.41) is 2.92. The van der Waals surface area contributed by atoms with Crippen LogP contribution >= 0.6 is 11.6 Å². The maximum absolute atomic E-state index is 12.2. The van der Waals surface area contributed by atoms with Gasteiger partial charge in [-0.25, -0.2) is 0 Å². The van der Waals surface area contributed by atoms with Crippen LogP contribution in [0.5, 0.6) is 0 Å². The Morgan fingerprint density at radius 2 is 1.85 bits per heavy atom. The van der Waals surface area contributed by atoms with E-state index in [1.54, 1.807) is 12.1 Å². The van der Waals surface area contributed by atoms with Gasteiger partial charge in [-0.2, -0.15) is 0 Å². The molecule has 20 heavy (non-hydrogen) atoms. The van der Waals surface area contributed by atoms with Crippen LogP contribution in [0.2, 0.25) is 0 Å². The van der Waals surface area contributed by atoms with E-state index in [9.17, 15) is 4.79 Å². The third-order valence-electron chi connectivity index (χ3n) is 3.18. The number of hydrogen-bond donors (Lipinski definition) is 1. The monoisotopic (exact) mass is 287 g/mol. The molecule has 0 unspecified atom stereocenters. The lowest BCUT2D eigenvalue weighted by Crippen LogP contribution is -2.12. The lowest BCUT2D eigenvalue weighted by molar-refractivity contribution is 0.102. The van der Waals surface area contributed by atoms with Crippen LogP contribution in [-0.2, 0) is 5.88 Å². The molecule has 1 N–H and O–H groups in total. The SMILES string of the molecule is CC(C)c1cccc(NC(=O)c2ccc(CCl)cc2)c1. The van der Waals surface area contributed by atoms with E-state index in [0.717, 1.165) is 11.3 Å². The molecule has 3 heteroatoms. The van der Waals surface area contributed by atoms with Crippen molar-refractivity contribution in [3.8, 4) is 0 Å². The molecule has 0 aliphatic rings. The molecule has 1 amide bonds. The van der Waals surface area contributed by atoms with Gasteiger partial charge in [0, 0.05) is 17.1 Å². The first-order valence-corrected chi connectivity index (χ1v) is 7.20. The number of hydrogen-bond acceptors (Lipinski definition) is 1. The van der Waals surface area contributed by atoms with E-state index >= 15 is 0 Å². The topological polar surface area (TPSA) is 29.1 Å². The van der Waals surface area contributed by atoms with Crippen molar-refractivity contribution in [2.24, 2.45) is 0 Å². The van der Waals surface area contributed by atoms with Crippen LogP contribution in [0.4, 0.5) is 5.69 Å². The third kappa shape index (κ3) is 3.61. The van der Waals surface area contributed by atoms with Crippen molar-refractivity contribution in [1.82, 2.24) is 0 Å². The molecule has 0 aliphatic heterocycles. The summed E-state index contributed by atoms with van der Waals surface area (Å²) >= 11 is 5.74. The average molecular weight is 288 g/mol. The van der Waals surface area contributed by atoms with Crippen LogP contribution < -0.4 is 5.32 Å². The second-order valence-corrected chi connectivity index (χ2v) is 5.33. The van der Waals surface area contributed by atoms with Gasteiger partial charge in [0.15, 0.2) is 0 Å². The van der Waals surface area contributed by atoms with Crippen LogP contribution in [0.15, 0.2) is 48.5 Å². The van der Waals surface area contributed by atoms with Crippen LogP contribution in [0.3, 0.4) is 0 Å². The Labute approximate surface area is 124 Å². The van der Waals surface area contributed by atoms with Gasteiger partial charge < -0.3 is 5.32 Å². The van der Waals surface area contributed by atoms with Gasteiger partial charge in [-0.1, -0.05) is 38.1 Å². The smallest absolute Gasteiger partial charge is 0.255 e. The maximum Gasteiger partial charge on any atom is 0.255 e. The number of halogens is 1. The fourth-order valence-corrected chi connectivity index (χ4v) is 2.10.